The van der Waals surface area contributed by atoms with Crippen molar-refractivity contribution >= 4 is 22.4 Å². The van der Waals surface area contributed by atoms with Crippen LogP contribution in [0, 0.1) is 13.8 Å². The second-order valence-electron chi connectivity index (χ2n) is 4.80. The molecule has 1 aliphatic rings. The van der Waals surface area contributed by atoms with Crippen molar-refractivity contribution in [2.45, 2.75) is 13.8 Å². The standard InChI is InChI=1S/C13H16N4O2S/c1-9-10(2)20-13(14-9)17-6-4-16(5-7-17)12(18)11-3-8-19-15-11/h3,8H,4-7H2,1-2H3. The molecule has 0 aliphatic carbocycles. The Morgan fingerprint density at radius 1 is 1.30 bits per heavy atom. The summed E-state index contributed by atoms with van der Waals surface area (Å²) in [4.78, 5) is 22.0. The summed E-state index contributed by atoms with van der Waals surface area (Å²) in [6.45, 7) is 7.08. The molecule has 0 aromatic carbocycles. The van der Waals surface area contributed by atoms with Gasteiger partial charge in [-0.15, -0.1) is 11.3 Å². The van der Waals surface area contributed by atoms with Crippen LogP contribution in [-0.2, 0) is 0 Å². The van der Waals surface area contributed by atoms with E-state index in [0.717, 1.165) is 23.9 Å². The van der Waals surface area contributed by atoms with E-state index in [0.29, 0.717) is 18.8 Å². The Hall–Kier alpha value is -1.89. The number of aromatic nitrogens is 2. The number of rotatable bonds is 2. The zero-order valence-corrected chi connectivity index (χ0v) is 12.3. The van der Waals surface area contributed by atoms with Gasteiger partial charge in [0, 0.05) is 37.1 Å². The number of piperazine rings is 1. The highest BCUT2D eigenvalue weighted by Crippen LogP contribution is 2.26. The molecule has 0 saturated carbocycles. The third-order valence-electron chi connectivity index (χ3n) is 3.51. The zero-order valence-electron chi connectivity index (χ0n) is 11.5. The van der Waals surface area contributed by atoms with E-state index in [2.05, 4.69) is 22.0 Å². The third kappa shape index (κ3) is 2.40. The second kappa shape index (κ2) is 5.24. The lowest BCUT2D eigenvalue weighted by atomic mass is 10.3. The number of aryl methyl sites for hydroxylation is 2. The molecule has 1 saturated heterocycles. The fourth-order valence-corrected chi connectivity index (χ4v) is 3.14. The van der Waals surface area contributed by atoms with Crippen LogP contribution in [0.15, 0.2) is 16.9 Å². The monoisotopic (exact) mass is 292 g/mol. The zero-order chi connectivity index (χ0) is 14.1. The lowest BCUT2D eigenvalue weighted by molar-refractivity contribution is 0.0736. The molecule has 0 bridgehead atoms. The predicted octanol–water partition coefficient (Wildman–Crippen LogP) is 1.71. The number of nitrogens with zero attached hydrogens (tertiary/aromatic N) is 4. The van der Waals surface area contributed by atoms with E-state index in [1.807, 2.05) is 11.8 Å². The molecule has 3 heterocycles. The van der Waals surface area contributed by atoms with Crippen LogP contribution in [0.5, 0.6) is 0 Å². The van der Waals surface area contributed by atoms with E-state index < -0.39 is 0 Å². The van der Waals surface area contributed by atoms with Gasteiger partial charge in [0.1, 0.15) is 6.26 Å². The summed E-state index contributed by atoms with van der Waals surface area (Å²) in [6, 6.07) is 1.60. The Labute approximate surface area is 121 Å². The molecule has 1 aliphatic heterocycles. The van der Waals surface area contributed by atoms with Crippen LogP contribution in [0.1, 0.15) is 21.1 Å². The van der Waals surface area contributed by atoms with Gasteiger partial charge in [-0.3, -0.25) is 4.79 Å². The molecular weight excluding hydrogens is 276 g/mol. The molecular formula is C13H16N4O2S. The Kier molecular flexibility index (Phi) is 3.43. The molecule has 2 aromatic rings. The largest absolute Gasteiger partial charge is 0.364 e. The maximum atomic E-state index is 12.1. The van der Waals surface area contributed by atoms with E-state index in [-0.39, 0.29) is 5.91 Å². The molecule has 3 rings (SSSR count). The summed E-state index contributed by atoms with van der Waals surface area (Å²) in [6.07, 6.45) is 1.42. The number of hydrogen-bond acceptors (Lipinski definition) is 6. The number of hydrogen-bond donors (Lipinski definition) is 0. The van der Waals surface area contributed by atoms with Crippen LogP contribution in [0.3, 0.4) is 0 Å². The van der Waals surface area contributed by atoms with Crippen molar-refractivity contribution in [2.75, 3.05) is 31.1 Å². The number of anilines is 1. The topological polar surface area (TPSA) is 62.5 Å². The molecule has 1 amide bonds. The summed E-state index contributed by atoms with van der Waals surface area (Å²) in [5.74, 6) is -0.0649. The van der Waals surface area contributed by atoms with E-state index in [9.17, 15) is 4.79 Å². The first-order valence-corrected chi connectivity index (χ1v) is 7.35. The maximum absolute atomic E-state index is 12.1. The molecule has 0 spiro atoms. The van der Waals surface area contributed by atoms with E-state index in [1.54, 1.807) is 17.4 Å². The predicted molar refractivity (Wildman–Crippen MR) is 76.2 cm³/mol. The fraction of sp³-hybridized carbons (Fsp3) is 0.462. The van der Waals surface area contributed by atoms with Crippen molar-refractivity contribution in [1.29, 1.82) is 0 Å². The van der Waals surface area contributed by atoms with E-state index in [4.69, 9.17) is 4.52 Å². The van der Waals surface area contributed by atoms with Crippen molar-refractivity contribution in [2.24, 2.45) is 0 Å². The Morgan fingerprint density at radius 2 is 2.05 bits per heavy atom. The van der Waals surface area contributed by atoms with Crippen LogP contribution in [0.4, 0.5) is 5.13 Å². The van der Waals surface area contributed by atoms with Gasteiger partial charge >= 0.3 is 0 Å². The quantitative estimate of drug-likeness (QED) is 0.843. The highest BCUT2D eigenvalue weighted by molar-refractivity contribution is 7.15. The van der Waals surface area contributed by atoms with Gasteiger partial charge in [-0.25, -0.2) is 4.98 Å². The number of thiazole rings is 1. The van der Waals surface area contributed by atoms with Crippen LogP contribution < -0.4 is 4.90 Å². The summed E-state index contributed by atoms with van der Waals surface area (Å²) < 4.78 is 4.72. The lowest BCUT2D eigenvalue weighted by Crippen LogP contribution is -2.48. The van der Waals surface area contributed by atoms with Gasteiger partial charge in [-0.1, -0.05) is 5.16 Å². The molecule has 7 heteroatoms. The minimum Gasteiger partial charge on any atom is -0.364 e. The van der Waals surface area contributed by atoms with Gasteiger partial charge in [-0.05, 0) is 13.8 Å². The van der Waals surface area contributed by atoms with Gasteiger partial charge in [0.15, 0.2) is 10.8 Å². The van der Waals surface area contributed by atoms with E-state index >= 15 is 0 Å². The van der Waals surface area contributed by atoms with Crippen LogP contribution in [0.2, 0.25) is 0 Å². The molecule has 0 radical (unpaired) electrons. The molecule has 0 unspecified atom stereocenters. The smallest absolute Gasteiger partial charge is 0.276 e. The van der Waals surface area contributed by atoms with Gasteiger partial charge in [-0.2, -0.15) is 0 Å². The van der Waals surface area contributed by atoms with Crippen molar-refractivity contribution in [3.8, 4) is 0 Å². The van der Waals surface area contributed by atoms with Gasteiger partial charge in [0.2, 0.25) is 0 Å². The van der Waals surface area contributed by atoms with Crippen LogP contribution >= 0.6 is 11.3 Å². The Bertz CT molecular complexity index is 580. The Balaban J connectivity index is 1.63. The average molecular weight is 292 g/mol. The van der Waals surface area contributed by atoms with E-state index in [1.165, 1.54) is 11.1 Å². The second-order valence-corrected chi connectivity index (χ2v) is 5.98. The molecule has 1 fully saturated rings. The number of amides is 1. The maximum Gasteiger partial charge on any atom is 0.276 e. The highest BCUT2D eigenvalue weighted by atomic mass is 32.1. The average Bonchev–Trinajstić information content (AvgIpc) is 3.09. The summed E-state index contributed by atoms with van der Waals surface area (Å²) in [5.41, 5.74) is 1.46. The van der Waals surface area contributed by atoms with Crippen molar-refractivity contribution in [3.63, 3.8) is 0 Å². The normalized spacial score (nSPS) is 15.7. The molecule has 6 nitrogen and oxygen atoms in total. The van der Waals surface area contributed by atoms with Gasteiger partial charge < -0.3 is 14.3 Å². The Morgan fingerprint density at radius 3 is 2.60 bits per heavy atom. The van der Waals surface area contributed by atoms with Crippen molar-refractivity contribution in [3.05, 3.63) is 28.6 Å². The summed E-state index contributed by atoms with van der Waals surface area (Å²) >= 11 is 1.71. The van der Waals surface area contributed by atoms with Crippen molar-refractivity contribution < 1.29 is 9.32 Å². The SMILES string of the molecule is Cc1nc(N2CCN(C(=O)c3ccon3)CC2)sc1C. The fourth-order valence-electron chi connectivity index (χ4n) is 2.18. The molecule has 20 heavy (non-hydrogen) atoms. The van der Waals surface area contributed by atoms with Gasteiger partial charge in [0.05, 0.1) is 5.69 Å². The number of carbonyl (C=O) groups is 1. The summed E-state index contributed by atoms with van der Waals surface area (Å²) in [5, 5.41) is 4.74. The molecule has 2 aromatic heterocycles. The highest BCUT2D eigenvalue weighted by Gasteiger charge is 2.25. The van der Waals surface area contributed by atoms with Crippen molar-refractivity contribution in [1.82, 2.24) is 15.0 Å². The molecule has 106 valence electrons. The third-order valence-corrected chi connectivity index (χ3v) is 4.65. The van der Waals surface area contributed by atoms with Crippen LogP contribution in [0.25, 0.3) is 0 Å². The first-order chi connectivity index (χ1) is 9.65. The minimum absolute atomic E-state index is 0.0649. The summed E-state index contributed by atoms with van der Waals surface area (Å²) in [7, 11) is 0. The first kappa shape index (κ1) is 13.1. The first-order valence-electron chi connectivity index (χ1n) is 6.54. The minimum atomic E-state index is -0.0649. The van der Waals surface area contributed by atoms with Crippen LogP contribution in [-0.4, -0.2) is 47.1 Å². The van der Waals surface area contributed by atoms with Gasteiger partial charge in [0.25, 0.3) is 5.91 Å². The number of carbonyl (C=O) groups excluding carboxylic acids is 1. The lowest BCUT2D eigenvalue weighted by Gasteiger charge is -2.34. The molecule has 0 atom stereocenters. The molecule has 0 N–H and O–H groups in total.